The van der Waals surface area contributed by atoms with Gasteiger partial charge in [-0.25, -0.2) is 0 Å². The number of aryl methyl sites for hydroxylation is 1. The average molecular weight is 212 g/mol. The smallest absolute Gasteiger partial charge is 0.00431 e. The SMILES string of the molecule is Cc1cccc(C2CCNCC2)c1.Cl. The third-order valence-corrected chi connectivity index (χ3v) is 2.85. The third-order valence-electron chi connectivity index (χ3n) is 2.85. The Morgan fingerprint density at radius 2 is 1.93 bits per heavy atom. The van der Waals surface area contributed by atoms with Crippen molar-refractivity contribution in [3.63, 3.8) is 0 Å². The minimum Gasteiger partial charge on any atom is -0.317 e. The van der Waals surface area contributed by atoms with Crippen LogP contribution in [-0.2, 0) is 0 Å². The van der Waals surface area contributed by atoms with Gasteiger partial charge in [0.05, 0.1) is 0 Å². The topological polar surface area (TPSA) is 12.0 Å². The molecule has 1 nitrogen and oxygen atoms in total. The number of rotatable bonds is 1. The average Bonchev–Trinajstić information content (AvgIpc) is 2.19. The molecule has 1 fully saturated rings. The van der Waals surface area contributed by atoms with E-state index in [1.807, 2.05) is 0 Å². The second kappa shape index (κ2) is 5.38. The maximum atomic E-state index is 3.40. The molecular formula is C12H18ClN. The van der Waals surface area contributed by atoms with Gasteiger partial charge < -0.3 is 5.32 Å². The van der Waals surface area contributed by atoms with Crippen LogP contribution in [0.2, 0.25) is 0 Å². The molecule has 1 heterocycles. The van der Waals surface area contributed by atoms with Crippen LogP contribution in [0.25, 0.3) is 0 Å². The Kier molecular flexibility index (Phi) is 4.43. The molecule has 0 unspecified atom stereocenters. The van der Waals surface area contributed by atoms with Gasteiger partial charge in [0, 0.05) is 0 Å². The molecule has 78 valence electrons. The lowest BCUT2D eigenvalue weighted by molar-refractivity contribution is 0.460. The number of piperidine rings is 1. The molecule has 0 bridgehead atoms. The zero-order valence-corrected chi connectivity index (χ0v) is 9.44. The van der Waals surface area contributed by atoms with E-state index < -0.39 is 0 Å². The Hall–Kier alpha value is -0.530. The Labute approximate surface area is 92.3 Å². The molecule has 1 aliphatic heterocycles. The summed E-state index contributed by atoms with van der Waals surface area (Å²) in [5.74, 6) is 0.793. The van der Waals surface area contributed by atoms with Crippen LogP contribution >= 0.6 is 12.4 Å². The number of nitrogens with one attached hydrogen (secondary N) is 1. The molecular weight excluding hydrogens is 194 g/mol. The second-order valence-electron chi connectivity index (χ2n) is 3.94. The van der Waals surface area contributed by atoms with Crippen LogP contribution in [0.5, 0.6) is 0 Å². The summed E-state index contributed by atoms with van der Waals surface area (Å²) in [7, 11) is 0. The van der Waals surface area contributed by atoms with E-state index in [0.717, 1.165) is 5.92 Å². The van der Waals surface area contributed by atoms with Crippen LogP contribution in [0.3, 0.4) is 0 Å². The summed E-state index contributed by atoms with van der Waals surface area (Å²) in [4.78, 5) is 0. The molecule has 1 N–H and O–H groups in total. The first-order valence-corrected chi connectivity index (χ1v) is 5.13. The van der Waals surface area contributed by atoms with Crippen molar-refractivity contribution in [2.75, 3.05) is 13.1 Å². The van der Waals surface area contributed by atoms with Crippen molar-refractivity contribution >= 4 is 12.4 Å². The van der Waals surface area contributed by atoms with Crippen molar-refractivity contribution in [1.82, 2.24) is 5.32 Å². The van der Waals surface area contributed by atoms with Crippen molar-refractivity contribution in [2.45, 2.75) is 25.7 Å². The minimum absolute atomic E-state index is 0. The van der Waals surface area contributed by atoms with Crippen molar-refractivity contribution in [2.24, 2.45) is 0 Å². The Morgan fingerprint density at radius 1 is 1.21 bits per heavy atom. The molecule has 0 spiro atoms. The van der Waals surface area contributed by atoms with Crippen molar-refractivity contribution in [3.05, 3.63) is 35.4 Å². The van der Waals surface area contributed by atoms with Crippen LogP contribution in [-0.4, -0.2) is 13.1 Å². The van der Waals surface area contributed by atoms with Gasteiger partial charge in [-0.15, -0.1) is 12.4 Å². The fourth-order valence-electron chi connectivity index (χ4n) is 2.08. The molecule has 0 aliphatic carbocycles. The van der Waals surface area contributed by atoms with E-state index in [2.05, 4.69) is 36.5 Å². The first-order chi connectivity index (χ1) is 6.36. The summed E-state index contributed by atoms with van der Waals surface area (Å²) in [6.45, 7) is 4.53. The number of hydrogen-bond acceptors (Lipinski definition) is 1. The first kappa shape index (κ1) is 11.5. The number of benzene rings is 1. The molecule has 2 rings (SSSR count). The predicted octanol–water partition coefficient (Wildman–Crippen LogP) is 2.88. The van der Waals surface area contributed by atoms with Crippen LogP contribution in [0.1, 0.15) is 29.9 Å². The molecule has 0 aromatic heterocycles. The van der Waals surface area contributed by atoms with E-state index in [1.165, 1.54) is 37.1 Å². The summed E-state index contributed by atoms with van der Waals surface area (Å²) in [6.07, 6.45) is 2.59. The summed E-state index contributed by atoms with van der Waals surface area (Å²) in [5, 5.41) is 3.40. The largest absolute Gasteiger partial charge is 0.317 e. The highest BCUT2D eigenvalue weighted by molar-refractivity contribution is 5.85. The lowest BCUT2D eigenvalue weighted by atomic mass is 9.89. The van der Waals surface area contributed by atoms with Gasteiger partial charge in [-0.2, -0.15) is 0 Å². The quantitative estimate of drug-likeness (QED) is 0.754. The monoisotopic (exact) mass is 211 g/mol. The molecule has 0 saturated carbocycles. The van der Waals surface area contributed by atoms with E-state index in [1.54, 1.807) is 0 Å². The molecule has 0 amide bonds. The van der Waals surface area contributed by atoms with E-state index in [-0.39, 0.29) is 12.4 Å². The second-order valence-corrected chi connectivity index (χ2v) is 3.94. The zero-order valence-electron chi connectivity index (χ0n) is 8.62. The highest BCUT2D eigenvalue weighted by Crippen LogP contribution is 2.25. The highest BCUT2D eigenvalue weighted by atomic mass is 35.5. The molecule has 14 heavy (non-hydrogen) atoms. The van der Waals surface area contributed by atoms with E-state index in [4.69, 9.17) is 0 Å². The molecule has 0 radical (unpaired) electrons. The van der Waals surface area contributed by atoms with Crippen LogP contribution in [0, 0.1) is 6.92 Å². The summed E-state index contributed by atoms with van der Waals surface area (Å²) < 4.78 is 0. The molecule has 2 heteroatoms. The van der Waals surface area contributed by atoms with Gasteiger partial charge in [-0.1, -0.05) is 29.8 Å². The Balaban J connectivity index is 0.000000980. The molecule has 1 aromatic carbocycles. The fourth-order valence-corrected chi connectivity index (χ4v) is 2.08. The third kappa shape index (κ3) is 2.73. The van der Waals surface area contributed by atoms with Gasteiger partial charge in [-0.05, 0) is 44.3 Å². The van der Waals surface area contributed by atoms with Crippen LogP contribution in [0.15, 0.2) is 24.3 Å². The minimum atomic E-state index is 0. The van der Waals surface area contributed by atoms with Crippen LogP contribution in [0.4, 0.5) is 0 Å². The first-order valence-electron chi connectivity index (χ1n) is 5.13. The van der Waals surface area contributed by atoms with Crippen molar-refractivity contribution in [3.8, 4) is 0 Å². The standard InChI is InChI=1S/C12H17N.ClH/c1-10-3-2-4-12(9-10)11-5-7-13-8-6-11;/h2-4,9,11,13H,5-8H2,1H3;1H. The van der Waals surface area contributed by atoms with Crippen molar-refractivity contribution in [1.29, 1.82) is 0 Å². The highest BCUT2D eigenvalue weighted by Gasteiger charge is 2.14. The fraction of sp³-hybridized carbons (Fsp3) is 0.500. The lowest BCUT2D eigenvalue weighted by Gasteiger charge is -2.23. The van der Waals surface area contributed by atoms with E-state index in [9.17, 15) is 0 Å². The van der Waals surface area contributed by atoms with E-state index >= 15 is 0 Å². The maximum absolute atomic E-state index is 3.40. The number of halogens is 1. The normalized spacial score (nSPS) is 17.5. The summed E-state index contributed by atoms with van der Waals surface area (Å²) >= 11 is 0. The summed E-state index contributed by atoms with van der Waals surface area (Å²) in [6, 6.07) is 8.94. The Bertz CT molecular complexity index is 279. The predicted molar refractivity (Wildman–Crippen MR) is 63.3 cm³/mol. The molecule has 1 saturated heterocycles. The van der Waals surface area contributed by atoms with Crippen LogP contribution < -0.4 is 5.32 Å². The molecule has 1 aliphatic rings. The van der Waals surface area contributed by atoms with Gasteiger partial charge in [0.2, 0.25) is 0 Å². The van der Waals surface area contributed by atoms with Crippen molar-refractivity contribution < 1.29 is 0 Å². The maximum Gasteiger partial charge on any atom is -0.00431 e. The van der Waals surface area contributed by atoms with E-state index in [0.29, 0.717) is 0 Å². The van der Waals surface area contributed by atoms with Gasteiger partial charge in [0.25, 0.3) is 0 Å². The molecule has 1 aromatic rings. The van der Waals surface area contributed by atoms with Gasteiger partial charge in [-0.3, -0.25) is 0 Å². The van der Waals surface area contributed by atoms with Gasteiger partial charge in [0.1, 0.15) is 0 Å². The number of hydrogen-bond donors (Lipinski definition) is 1. The van der Waals surface area contributed by atoms with Gasteiger partial charge in [0.15, 0.2) is 0 Å². The summed E-state index contributed by atoms with van der Waals surface area (Å²) in [5.41, 5.74) is 2.91. The van der Waals surface area contributed by atoms with Gasteiger partial charge >= 0.3 is 0 Å². The zero-order chi connectivity index (χ0) is 9.10. The lowest BCUT2D eigenvalue weighted by Crippen LogP contribution is -2.26. The molecule has 0 atom stereocenters. The Morgan fingerprint density at radius 3 is 2.57 bits per heavy atom.